The van der Waals surface area contributed by atoms with Crippen LogP contribution in [0.5, 0.6) is 0 Å². The van der Waals surface area contributed by atoms with Gasteiger partial charge in [-0.2, -0.15) is 13.2 Å². The van der Waals surface area contributed by atoms with E-state index >= 15 is 0 Å². The molecule has 276 valence electrons. The van der Waals surface area contributed by atoms with Gasteiger partial charge in [0.05, 0.1) is 5.56 Å². The van der Waals surface area contributed by atoms with Gasteiger partial charge >= 0.3 is 6.18 Å². The Bertz CT molecular complexity index is 2470. The minimum atomic E-state index is -4.50. The van der Waals surface area contributed by atoms with Crippen molar-refractivity contribution < 1.29 is 13.2 Å². The molecule has 0 fully saturated rings. The van der Waals surface area contributed by atoms with Gasteiger partial charge in [-0.1, -0.05) is 123 Å². The van der Waals surface area contributed by atoms with Gasteiger partial charge < -0.3 is 5.32 Å². The number of aromatic nitrogens is 3. The summed E-state index contributed by atoms with van der Waals surface area (Å²) >= 11 is 5.14. The first-order valence-electron chi connectivity index (χ1n) is 17.9. The van der Waals surface area contributed by atoms with Gasteiger partial charge in [0.2, 0.25) is 0 Å². The molecule has 55 heavy (non-hydrogen) atoms. The molecule has 1 N–H and O–H groups in total. The van der Waals surface area contributed by atoms with Crippen LogP contribution >= 0.6 is 12.6 Å². The largest absolute Gasteiger partial charge is 0.416 e. The van der Waals surface area contributed by atoms with E-state index in [1.807, 2.05) is 105 Å². The molecule has 0 spiro atoms. The minimum Gasteiger partial charge on any atom is -0.324 e. The number of hydrogen-bond acceptors (Lipinski definition) is 7. The highest BCUT2D eigenvalue weighted by molar-refractivity contribution is 7.80. The number of halogens is 3. The van der Waals surface area contributed by atoms with Crippen molar-refractivity contribution in [2.24, 2.45) is 9.98 Å². The van der Waals surface area contributed by atoms with Gasteiger partial charge in [-0.3, -0.25) is 0 Å². The Labute approximate surface area is 324 Å². The van der Waals surface area contributed by atoms with Crippen molar-refractivity contribution in [3.63, 3.8) is 0 Å². The molecule has 1 aliphatic heterocycles. The fourth-order valence-electron chi connectivity index (χ4n) is 6.70. The molecular weight excluding hydrogens is 714 g/mol. The fourth-order valence-corrected chi connectivity index (χ4v) is 7.23. The van der Waals surface area contributed by atoms with Gasteiger partial charge in [-0.05, 0) is 66.8 Å². The summed E-state index contributed by atoms with van der Waals surface area (Å²) in [6, 6.07) is 36.6. The van der Waals surface area contributed by atoms with Crippen molar-refractivity contribution in [3.05, 3.63) is 172 Å². The third-order valence-electron chi connectivity index (χ3n) is 9.89. The van der Waals surface area contributed by atoms with Crippen molar-refractivity contribution in [1.82, 2.24) is 20.3 Å². The molecule has 7 rings (SSSR count). The maximum absolute atomic E-state index is 13.8. The summed E-state index contributed by atoms with van der Waals surface area (Å²) in [5.41, 5.74) is 6.20. The number of allylic oxidation sites excluding steroid dienone is 2. The van der Waals surface area contributed by atoms with E-state index in [1.165, 1.54) is 6.07 Å². The van der Waals surface area contributed by atoms with Crippen molar-refractivity contribution in [3.8, 4) is 22.8 Å². The first-order valence-corrected chi connectivity index (χ1v) is 18.3. The Hall–Kier alpha value is -5.87. The smallest absolute Gasteiger partial charge is 0.324 e. The van der Waals surface area contributed by atoms with Crippen LogP contribution in [0.4, 0.5) is 13.2 Å². The average Bonchev–Trinajstić information content (AvgIpc) is 3.20. The molecule has 0 amide bonds. The lowest BCUT2D eigenvalue weighted by Crippen LogP contribution is -2.36. The van der Waals surface area contributed by atoms with Crippen LogP contribution in [0, 0.1) is 6.92 Å². The highest BCUT2D eigenvalue weighted by Gasteiger charge is 2.33. The number of benzene rings is 5. The number of hydrogen-bond donors (Lipinski definition) is 2. The number of nitrogens with one attached hydrogen (secondary N) is 1. The predicted octanol–water partition coefficient (Wildman–Crippen LogP) is 11.1. The first-order chi connectivity index (χ1) is 26.3. The minimum absolute atomic E-state index is 0.341. The molecule has 1 aliphatic rings. The van der Waals surface area contributed by atoms with E-state index in [2.05, 4.69) is 38.2 Å². The lowest BCUT2D eigenvalue weighted by Gasteiger charge is -2.31. The number of alkyl halides is 3. The van der Waals surface area contributed by atoms with Gasteiger partial charge in [-0.25, -0.2) is 24.9 Å². The standard InChI is InChI=1S/C45H39F3N6S/c1-6-27(2)38-49-39(29-15-9-7-10-16-29)54-43(50-38)34-21-14-22-35(37(34)55)44(4,5)36-26-32(24-23-28(36)3)42-52-40(30-17-11-8-12-18-30)51-41(53-42)31-19-13-20-33(25-31)45(46,47)48/h6-26,41,55H,1-5H3,(H,51,52,53)/b27-6+. The molecule has 1 atom stereocenters. The number of amidine groups is 2. The van der Waals surface area contributed by atoms with E-state index in [9.17, 15) is 13.2 Å². The highest BCUT2D eigenvalue weighted by atomic mass is 32.1. The number of aliphatic imine (C=N–C) groups is 2. The molecule has 0 aliphatic carbocycles. The normalized spacial score (nSPS) is 14.9. The lowest BCUT2D eigenvalue weighted by atomic mass is 9.75. The van der Waals surface area contributed by atoms with Crippen LogP contribution in [0.2, 0.25) is 0 Å². The topological polar surface area (TPSA) is 75.4 Å². The molecule has 0 saturated heterocycles. The second-order valence-corrected chi connectivity index (χ2v) is 14.4. The molecule has 6 nitrogen and oxygen atoms in total. The number of thiol groups is 1. The first kappa shape index (κ1) is 37.4. The second-order valence-electron chi connectivity index (χ2n) is 13.9. The lowest BCUT2D eigenvalue weighted by molar-refractivity contribution is -0.137. The van der Waals surface area contributed by atoms with Crippen molar-refractivity contribution >= 4 is 29.9 Å². The van der Waals surface area contributed by atoms with Crippen LogP contribution in [0.1, 0.15) is 78.6 Å². The van der Waals surface area contributed by atoms with Crippen LogP contribution in [0.25, 0.3) is 28.3 Å². The van der Waals surface area contributed by atoms with Crippen LogP contribution in [0.15, 0.2) is 142 Å². The molecule has 6 aromatic rings. The van der Waals surface area contributed by atoms with Crippen LogP contribution in [0.3, 0.4) is 0 Å². The van der Waals surface area contributed by atoms with Crippen molar-refractivity contribution in [1.29, 1.82) is 0 Å². The number of nitrogens with zero attached hydrogens (tertiary/aromatic N) is 5. The van der Waals surface area contributed by atoms with E-state index < -0.39 is 23.3 Å². The predicted molar refractivity (Wildman–Crippen MR) is 217 cm³/mol. The van der Waals surface area contributed by atoms with Crippen LogP contribution in [-0.2, 0) is 11.6 Å². The third-order valence-corrected chi connectivity index (χ3v) is 10.4. The Morgan fingerprint density at radius 2 is 1.33 bits per heavy atom. The molecule has 0 bridgehead atoms. The quantitative estimate of drug-likeness (QED) is 0.152. The Balaban J connectivity index is 1.31. The zero-order valence-electron chi connectivity index (χ0n) is 31.0. The molecule has 0 radical (unpaired) electrons. The summed E-state index contributed by atoms with van der Waals surface area (Å²) in [6.07, 6.45) is -3.42. The molecule has 1 unspecified atom stereocenters. The van der Waals surface area contributed by atoms with Crippen molar-refractivity contribution in [2.45, 2.75) is 57.3 Å². The zero-order valence-corrected chi connectivity index (χ0v) is 31.9. The van der Waals surface area contributed by atoms with E-state index in [-0.39, 0.29) is 0 Å². The number of aryl methyl sites for hydroxylation is 1. The van der Waals surface area contributed by atoms with Gasteiger partial charge in [0.1, 0.15) is 11.7 Å². The SMILES string of the molecule is C/C=C(\C)c1nc(-c2ccccc2)nc(-c2cccc(C(C)(C)c3cc(C4=NC(c5cccc(C(F)(F)F)c5)N=C(c5ccccc5)N4)ccc3C)c2S)n1. The van der Waals surface area contributed by atoms with Crippen LogP contribution < -0.4 is 5.32 Å². The summed E-state index contributed by atoms with van der Waals surface area (Å²) in [5.74, 6) is 2.70. The van der Waals surface area contributed by atoms with E-state index in [1.54, 1.807) is 6.07 Å². The molecular formula is C45H39F3N6S. The maximum atomic E-state index is 13.8. The molecule has 5 aromatic carbocycles. The summed E-state index contributed by atoms with van der Waals surface area (Å²) < 4.78 is 41.3. The van der Waals surface area contributed by atoms with Gasteiger partial charge in [-0.15, -0.1) is 12.6 Å². The fraction of sp³-hybridized carbons (Fsp3) is 0.178. The Morgan fingerprint density at radius 1 is 0.691 bits per heavy atom. The molecule has 2 heterocycles. The van der Waals surface area contributed by atoms with Crippen LogP contribution in [-0.4, -0.2) is 26.6 Å². The summed E-state index contributed by atoms with van der Waals surface area (Å²) in [6.45, 7) is 10.3. The molecule has 0 saturated carbocycles. The van der Waals surface area contributed by atoms with E-state index in [4.69, 9.17) is 37.6 Å². The summed E-state index contributed by atoms with van der Waals surface area (Å²) in [7, 11) is 0. The maximum Gasteiger partial charge on any atom is 0.416 e. The van der Waals surface area contributed by atoms with Gasteiger partial charge in [0.15, 0.2) is 23.6 Å². The van der Waals surface area contributed by atoms with Crippen molar-refractivity contribution in [2.75, 3.05) is 0 Å². The number of rotatable bonds is 8. The Kier molecular flexibility index (Phi) is 10.3. The molecule has 10 heteroatoms. The highest BCUT2D eigenvalue weighted by Crippen LogP contribution is 2.41. The summed E-state index contributed by atoms with van der Waals surface area (Å²) in [5, 5.41) is 3.38. The summed E-state index contributed by atoms with van der Waals surface area (Å²) in [4.78, 5) is 25.0. The second kappa shape index (κ2) is 15.1. The zero-order chi connectivity index (χ0) is 38.9. The Morgan fingerprint density at radius 3 is 2.00 bits per heavy atom. The third kappa shape index (κ3) is 7.73. The molecule has 1 aromatic heterocycles. The average molecular weight is 753 g/mol. The monoisotopic (exact) mass is 752 g/mol. The van der Waals surface area contributed by atoms with E-state index in [0.717, 1.165) is 61.5 Å². The van der Waals surface area contributed by atoms with Gasteiger partial charge in [0, 0.05) is 32.6 Å². The van der Waals surface area contributed by atoms with Gasteiger partial charge in [0.25, 0.3) is 0 Å². The van der Waals surface area contributed by atoms with E-state index in [0.29, 0.717) is 34.7 Å².